The third-order valence-corrected chi connectivity index (χ3v) is 6.24. The third kappa shape index (κ3) is 5.55. The van der Waals surface area contributed by atoms with Crippen LogP contribution in [0.15, 0.2) is 12.2 Å². The number of nitrogens with zero attached hydrogens (tertiary/aromatic N) is 1. The van der Waals surface area contributed by atoms with Crippen molar-refractivity contribution in [2.24, 2.45) is 11.8 Å². The molecule has 0 saturated carbocycles. The van der Waals surface area contributed by atoms with Crippen molar-refractivity contribution in [3.8, 4) is 0 Å². The van der Waals surface area contributed by atoms with Gasteiger partial charge in [-0.3, -0.25) is 19.3 Å². The van der Waals surface area contributed by atoms with Gasteiger partial charge in [-0.1, -0.05) is 50.8 Å². The first-order chi connectivity index (χ1) is 13.1. The van der Waals surface area contributed by atoms with Crippen LogP contribution in [-0.2, 0) is 28.6 Å². The van der Waals surface area contributed by atoms with Gasteiger partial charge in [0.15, 0.2) is 0 Å². The summed E-state index contributed by atoms with van der Waals surface area (Å²) in [6.45, 7) is 8.45. The molecule has 0 N–H and O–H groups in total. The molecular formula is C19H27NO6S2. The van der Waals surface area contributed by atoms with Crippen LogP contribution in [0.4, 0.5) is 0 Å². The molecule has 2 aliphatic rings. The Morgan fingerprint density at radius 2 is 1.93 bits per heavy atom. The molecule has 2 rings (SSSR count). The van der Waals surface area contributed by atoms with E-state index in [1.807, 2.05) is 0 Å². The maximum atomic E-state index is 13.1. The Labute approximate surface area is 175 Å². The lowest BCUT2D eigenvalue weighted by Crippen LogP contribution is -2.49. The van der Waals surface area contributed by atoms with Crippen molar-refractivity contribution in [2.45, 2.75) is 59.0 Å². The zero-order valence-corrected chi connectivity index (χ0v) is 18.4. The molecule has 9 heteroatoms. The summed E-state index contributed by atoms with van der Waals surface area (Å²) in [5, 5.41) is 0. The fourth-order valence-electron chi connectivity index (χ4n) is 3.13. The molecule has 2 heterocycles. The average molecular weight is 430 g/mol. The van der Waals surface area contributed by atoms with Gasteiger partial charge in [-0.25, -0.2) is 0 Å². The third-order valence-electron chi connectivity index (χ3n) is 4.74. The minimum atomic E-state index is -0.682. The number of thioether (sulfide) groups is 1. The monoisotopic (exact) mass is 429 g/mol. The van der Waals surface area contributed by atoms with Crippen molar-refractivity contribution in [2.75, 3.05) is 12.4 Å². The fourth-order valence-corrected chi connectivity index (χ4v) is 4.77. The summed E-state index contributed by atoms with van der Waals surface area (Å²) >= 11 is 6.90. The minimum Gasteiger partial charge on any atom is -0.463 e. The van der Waals surface area contributed by atoms with Crippen molar-refractivity contribution in [3.05, 3.63) is 12.2 Å². The highest BCUT2D eigenvalue weighted by Gasteiger charge is 2.41. The van der Waals surface area contributed by atoms with Crippen molar-refractivity contribution < 1.29 is 28.6 Å². The van der Waals surface area contributed by atoms with Gasteiger partial charge < -0.3 is 14.2 Å². The first kappa shape index (κ1) is 22.8. The molecule has 0 bridgehead atoms. The van der Waals surface area contributed by atoms with Gasteiger partial charge >= 0.3 is 11.9 Å². The van der Waals surface area contributed by atoms with Crippen LogP contribution in [0.5, 0.6) is 0 Å². The number of ether oxygens (including phenoxy) is 3. The summed E-state index contributed by atoms with van der Waals surface area (Å²) < 4.78 is 16.8. The van der Waals surface area contributed by atoms with Crippen LogP contribution in [0, 0.1) is 11.8 Å². The summed E-state index contributed by atoms with van der Waals surface area (Å²) in [6.07, 6.45) is 1.50. The van der Waals surface area contributed by atoms with Crippen LogP contribution in [0.2, 0.25) is 0 Å². The maximum Gasteiger partial charge on any atom is 0.303 e. The molecule has 7 nitrogen and oxygen atoms in total. The Balaban J connectivity index is 2.14. The van der Waals surface area contributed by atoms with Crippen molar-refractivity contribution >= 4 is 46.1 Å². The van der Waals surface area contributed by atoms with Crippen LogP contribution < -0.4 is 0 Å². The fraction of sp³-hybridized carbons (Fsp3) is 0.684. The van der Waals surface area contributed by atoms with E-state index in [9.17, 15) is 14.4 Å². The molecule has 0 aromatic rings. The number of carbonyl (C=O) groups excluding carboxylic acids is 3. The number of amides is 1. The SMILES string of the molecule is CC(=O)OC[C@H]1O[C@@H]([C@H](C)C(=O)N2C(=S)SC[C@H]2C(C)C)C=C[C@H]1OC(C)=O. The number of hydrogen-bond donors (Lipinski definition) is 0. The van der Waals surface area contributed by atoms with Gasteiger partial charge in [0.2, 0.25) is 5.91 Å². The van der Waals surface area contributed by atoms with Gasteiger partial charge in [0.05, 0.1) is 12.0 Å². The van der Waals surface area contributed by atoms with E-state index in [4.69, 9.17) is 26.4 Å². The first-order valence-corrected chi connectivity index (χ1v) is 10.6. The number of rotatable bonds is 6. The second-order valence-electron chi connectivity index (χ2n) is 7.29. The van der Waals surface area contributed by atoms with Crippen molar-refractivity contribution in [1.29, 1.82) is 0 Å². The number of carbonyl (C=O) groups is 3. The molecule has 28 heavy (non-hydrogen) atoms. The van der Waals surface area contributed by atoms with E-state index in [-0.39, 0.29) is 24.5 Å². The van der Waals surface area contributed by atoms with Crippen LogP contribution >= 0.6 is 24.0 Å². The lowest BCUT2D eigenvalue weighted by molar-refractivity contribution is -0.168. The van der Waals surface area contributed by atoms with E-state index in [1.54, 1.807) is 24.0 Å². The Kier molecular flexibility index (Phi) is 8.03. The summed E-state index contributed by atoms with van der Waals surface area (Å²) in [5.74, 6) is -0.433. The first-order valence-electron chi connectivity index (χ1n) is 9.26. The lowest BCUT2D eigenvalue weighted by atomic mass is 9.96. The second-order valence-corrected chi connectivity index (χ2v) is 8.94. The molecule has 156 valence electrons. The van der Waals surface area contributed by atoms with Crippen molar-refractivity contribution in [1.82, 2.24) is 4.90 Å². The Morgan fingerprint density at radius 3 is 2.50 bits per heavy atom. The van der Waals surface area contributed by atoms with Crippen LogP contribution in [-0.4, -0.2) is 63.8 Å². The Morgan fingerprint density at radius 1 is 1.25 bits per heavy atom. The number of thiocarbonyl (C=S) groups is 1. The topological polar surface area (TPSA) is 82.1 Å². The van der Waals surface area contributed by atoms with E-state index >= 15 is 0 Å². The van der Waals surface area contributed by atoms with E-state index in [2.05, 4.69) is 13.8 Å². The molecule has 0 unspecified atom stereocenters. The number of esters is 2. The molecule has 2 aliphatic heterocycles. The summed E-state index contributed by atoms with van der Waals surface area (Å²) in [6, 6.07) is 0.0608. The summed E-state index contributed by atoms with van der Waals surface area (Å²) in [7, 11) is 0. The second kappa shape index (κ2) is 9.84. The molecule has 0 spiro atoms. The largest absolute Gasteiger partial charge is 0.463 e. The molecule has 5 atom stereocenters. The molecule has 1 saturated heterocycles. The van der Waals surface area contributed by atoms with Crippen LogP contribution in [0.25, 0.3) is 0 Å². The van der Waals surface area contributed by atoms with Gasteiger partial charge in [0.25, 0.3) is 0 Å². The average Bonchev–Trinajstić information content (AvgIpc) is 3.00. The van der Waals surface area contributed by atoms with Crippen LogP contribution in [0.1, 0.15) is 34.6 Å². The van der Waals surface area contributed by atoms with Crippen molar-refractivity contribution in [3.63, 3.8) is 0 Å². The summed E-state index contributed by atoms with van der Waals surface area (Å²) in [4.78, 5) is 37.3. The zero-order valence-electron chi connectivity index (χ0n) is 16.7. The smallest absolute Gasteiger partial charge is 0.303 e. The number of hydrogen-bond acceptors (Lipinski definition) is 8. The van der Waals surface area contributed by atoms with E-state index < -0.39 is 36.2 Å². The highest BCUT2D eigenvalue weighted by molar-refractivity contribution is 8.23. The molecule has 0 aromatic heterocycles. The quantitative estimate of drug-likeness (QED) is 0.361. The maximum absolute atomic E-state index is 13.1. The molecule has 0 aliphatic carbocycles. The predicted molar refractivity (Wildman–Crippen MR) is 110 cm³/mol. The van der Waals surface area contributed by atoms with Gasteiger partial charge in [-0.15, -0.1) is 0 Å². The predicted octanol–water partition coefficient (Wildman–Crippen LogP) is 2.33. The molecular weight excluding hydrogens is 402 g/mol. The molecule has 1 fully saturated rings. The Hall–Kier alpha value is -1.45. The normalized spacial score (nSPS) is 28.4. The summed E-state index contributed by atoms with van der Waals surface area (Å²) in [5.41, 5.74) is 0. The molecule has 0 radical (unpaired) electrons. The van der Waals surface area contributed by atoms with Gasteiger partial charge in [-0.05, 0) is 12.0 Å². The van der Waals surface area contributed by atoms with E-state index in [0.29, 0.717) is 4.32 Å². The lowest BCUT2D eigenvalue weighted by Gasteiger charge is -2.36. The van der Waals surface area contributed by atoms with E-state index in [1.165, 1.54) is 25.6 Å². The van der Waals surface area contributed by atoms with Gasteiger partial charge in [0, 0.05) is 25.6 Å². The minimum absolute atomic E-state index is 0.0608. The molecule has 0 aromatic carbocycles. The zero-order chi connectivity index (χ0) is 21.0. The highest BCUT2D eigenvalue weighted by Crippen LogP contribution is 2.32. The van der Waals surface area contributed by atoms with Gasteiger partial charge in [-0.2, -0.15) is 0 Å². The Bertz CT molecular complexity index is 665. The van der Waals surface area contributed by atoms with Crippen LogP contribution in [0.3, 0.4) is 0 Å². The highest BCUT2D eigenvalue weighted by atomic mass is 32.2. The molecule has 1 amide bonds. The standard InChI is InChI=1S/C19H27NO6S2/c1-10(2)14-9-28-19(27)20(14)18(23)11(3)15-6-7-16(25-13(5)22)17(26-15)8-24-12(4)21/h6-7,10-11,14-17H,8-9H2,1-5H3/t11-,14-,15+,16+,17+/m0/s1. The van der Waals surface area contributed by atoms with Gasteiger partial charge in [0.1, 0.15) is 23.1 Å². The van der Waals surface area contributed by atoms with E-state index in [0.717, 1.165) is 5.75 Å².